The van der Waals surface area contributed by atoms with Crippen LogP contribution in [0.2, 0.25) is 0 Å². The third-order valence-corrected chi connectivity index (χ3v) is 8.13. The number of fused-ring (bicyclic) bond motifs is 1. The third-order valence-electron chi connectivity index (χ3n) is 5.63. The fraction of sp³-hybridized carbons (Fsp3) is 0.250. The van der Waals surface area contributed by atoms with Crippen molar-refractivity contribution in [2.24, 2.45) is 0 Å². The molecule has 0 unspecified atom stereocenters. The van der Waals surface area contributed by atoms with Gasteiger partial charge in [0.25, 0.3) is 5.91 Å². The normalized spacial score (nSPS) is 13.4. The van der Waals surface area contributed by atoms with E-state index in [1.54, 1.807) is 54.7 Å². The second-order valence-electron chi connectivity index (χ2n) is 7.83. The van der Waals surface area contributed by atoms with Gasteiger partial charge in [0.05, 0.1) is 4.90 Å². The summed E-state index contributed by atoms with van der Waals surface area (Å²) in [6.45, 7) is 3.04. The van der Waals surface area contributed by atoms with Crippen LogP contribution in [0.15, 0.2) is 64.9 Å². The molecular weight excluding hydrogens is 458 g/mol. The number of sulfonamides is 1. The van der Waals surface area contributed by atoms with Crippen molar-refractivity contribution in [1.82, 2.24) is 9.62 Å². The monoisotopic (exact) mass is 483 g/mol. The molecule has 1 aliphatic rings. The van der Waals surface area contributed by atoms with Crippen LogP contribution in [0.3, 0.4) is 0 Å². The lowest BCUT2D eigenvalue weighted by atomic mass is 10.0. The summed E-state index contributed by atoms with van der Waals surface area (Å²) in [5, 5.41) is 4.86. The molecule has 0 spiro atoms. The minimum absolute atomic E-state index is 0.0303. The van der Waals surface area contributed by atoms with E-state index in [-0.39, 0.29) is 29.7 Å². The number of nitrogens with zero attached hydrogens (tertiary/aromatic N) is 1. The van der Waals surface area contributed by atoms with E-state index in [1.165, 1.54) is 22.6 Å². The molecule has 9 heteroatoms. The number of amides is 2. The first-order valence-corrected chi connectivity index (χ1v) is 13.0. The van der Waals surface area contributed by atoms with Gasteiger partial charge in [-0.15, -0.1) is 11.3 Å². The number of carbonyl (C=O) groups is 2. The lowest BCUT2D eigenvalue weighted by Gasteiger charge is -2.28. The predicted molar refractivity (Wildman–Crippen MR) is 129 cm³/mol. The Morgan fingerprint density at radius 2 is 1.85 bits per heavy atom. The molecule has 2 aromatic carbocycles. The van der Waals surface area contributed by atoms with Crippen molar-refractivity contribution in [3.8, 4) is 0 Å². The number of nitrogens with one attached hydrogen (secondary N) is 2. The lowest BCUT2D eigenvalue weighted by Crippen LogP contribution is -2.35. The molecule has 2 amide bonds. The Hall–Kier alpha value is -3.01. The number of hydrogen-bond donors (Lipinski definition) is 2. The number of carbonyl (C=O) groups excluding carboxylic acids is 2. The van der Waals surface area contributed by atoms with E-state index >= 15 is 0 Å². The molecule has 0 fully saturated rings. The van der Waals surface area contributed by atoms with E-state index in [2.05, 4.69) is 21.5 Å². The second kappa shape index (κ2) is 9.86. The van der Waals surface area contributed by atoms with Gasteiger partial charge in [0.15, 0.2) is 0 Å². The average Bonchev–Trinajstić information content (AvgIpc) is 3.28. The summed E-state index contributed by atoms with van der Waals surface area (Å²) in [7, 11) is -3.66. The Morgan fingerprint density at radius 3 is 2.64 bits per heavy atom. The van der Waals surface area contributed by atoms with Crippen molar-refractivity contribution >= 4 is 38.9 Å². The summed E-state index contributed by atoms with van der Waals surface area (Å²) in [6, 6.07) is 15.3. The lowest BCUT2D eigenvalue weighted by molar-refractivity contribution is -0.116. The van der Waals surface area contributed by atoms with Gasteiger partial charge in [-0.2, -0.15) is 0 Å². The predicted octanol–water partition coefficient (Wildman–Crippen LogP) is 3.56. The zero-order valence-corrected chi connectivity index (χ0v) is 19.8. The highest BCUT2D eigenvalue weighted by Gasteiger charge is 2.24. The smallest absolute Gasteiger partial charge is 0.254 e. The van der Waals surface area contributed by atoms with Crippen molar-refractivity contribution in [2.75, 3.05) is 18.4 Å². The second-order valence-corrected chi connectivity index (χ2v) is 10.6. The van der Waals surface area contributed by atoms with Crippen LogP contribution in [0.25, 0.3) is 0 Å². The zero-order chi connectivity index (χ0) is 23.4. The maximum Gasteiger partial charge on any atom is 0.254 e. The molecule has 4 rings (SSSR count). The maximum atomic E-state index is 13.1. The van der Waals surface area contributed by atoms with E-state index in [4.69, 9.17) is 0 Å². The highest BCUT2D eigenvalue weighted by atomic mass is 32.2. The summed E-state index contributed by atoms with van der Waals surface area (Å²) in [4.78, 5) is 28.9. The fourth-order valence-electron chi connectivity index (χ4n) is 3.79. The standard InChI is InChI=1S/C24H25N3O4S2/c1-17-20(24(29)27-14-11-22-18(16-27)12-15-32-22)8-5-9-21(17)26-23(28)10-13-25-33(30,31)19-6-3-2-4-7-19/h2-9,12,15,25H,10-11,13-14,16H2,1H3,(H,26,28). The first-order chi connectivity index (χ1) is 15.8. The fourth-order valence-corrected chi connectivity index (χ4v) is 5.73. The minimum Gasteiger partial charge on any atom is -0.334 e. The molecule has 0 radical (unpaired) electrons. The van der Waals surface area contributed by atoms with Crippen LogP contribution < -0.4 is 10.0 Å². The van der Waals surface area contributed by atoms with Crippen LogP contribution in [0.1, 0.15) is 32.8 Å². The quantitative estimate of drug-likeness (QED) is 0.537. The van der Waals surface area contributed by atoms with Crippen LogP contribution in [0, 0.1) is 6.92 Å². The first kappa shape index (κ1) is 23.2. The first-order valence-electron chi connectivity index (χ1n) is 10.6. The molecule has 0 saturated carbocycles. The van der Waals surface area contributed by atoms with Gasteiger partial charge in [-0.1, -0.05) is 24.3 Å². The van der Waals surface area contributed by atoms with Gasteiger partial charge in [0.2, 0.25) is 15.9 Å². The number of benzene rings is 2. The Balaban J connectivity index is 1.36. The zero-order valence-electron chi connectivity index (χ0n) is 18.2. The van der Waals surface area contributed by atoms with Gasteiger partial charge in [0, 0.05) is 42.2 Å². The van der Waals surface area contributed by atoms with E-state index in [1.807, 2.05) is 4.90 Å². The Morgan fingerprint density at radius 1 is 1.06 bits per heavy atom. The summed E-state index contributed by atoms with van der Waals surface area (Å²) in [5.41, 5.74) is 2.98. The maximum absolute atomic E-state index is 13.1. The number of rotatable bonds is 7. The van der Waals surface area contributed by atoms with Gasteiger partial charge < -0.3 is 10.2 Å². The Bertz CT molecular complexity index is 1270. The van der Waals surface area contributed by atoms with E-state index in [0.717, 1.165) is 6.42 Å². The number of thiophene rings is 1. The van der Waals surface area contributed by atoms with E-state index < -0.39 is 10.0 Å². The SMILES string of the molecule is Cc1c(NC(=O)CCNS(=O)(=O)c2ccccc2)cccc1C(=O)N1CCc2sccc2C1. The van der Waals surface area contributed by atoms with Crippen LogP contribution >= 0.6 is 11.3 Å². The molecule has 0 aliphatic carbocycles. The average molecular weight is 484 g/mol. The van der Waals surface area contributed by atoms with Crippen LogP contribution in [-0.4, -0.2) is 38.2 Å². The molecule has 0 atom stereocenters. The van der Waals surface area contributed by atoms with Gasteiger partial charge >= 0.3 is 0 Å². The molecule has 33 heavy (non-hydrogen) atoms. The Labute approximate surface area is 197 Å². The molecule has 7 nitrogen and oxygen atoms in total. The van der Waals surface area contributed by atoms with Gasteiger partial charge in [-0.05, 0) is 60.2 Å². The van der Waals surface area contributed by atoms with Gasteiger partial charge in [0.1, 0.15) is 0 Å². The number of anilines is 1. The highest BCUT2D eigenvalue weighted by molar-refractivity contribution is 7.89. The molecule has 2 N–H and O–H groups in total. The summed E-state index contributed by atoms with van der Waals surface area (Å²) >= 11 is 1.73. The third kappa shape index (κ3) is 5.32. The topological polar surface area (TPSA) is 95.6 Å². The van der Waals surface area contributed by atoms with Gasteiger partial charge in [-0.25, -0.2) is 13.1 Å². The van der Waals surface area contributed by atoms with Crippen molar-refractivity contribution in [1.29, 1.82) is 0 Å². The summed E-state index contributed by atoms with van der Waals surface area (Å²) in [5.74, 6) is -0.393. The Kier molecular flexibility index (Phi) is 6.92. The summed E-state index contributed by atoms with van der Waals surface area (Å²) in [6.07, 6.45) is 0.823. The molecular formula is C24H25N3O4S2. The van der Waals surface area contributed by atoms with E-state index in [9.17, 15) is 18.0 Å². The molecule has 3 aromatic rings. The molecule has 0 bridgehead atoms. The molecule has 0 saturated heterocycles. The largest absolute Gasteiger partial charge is 0.334 e. The van der Waals surface area contributed by atoms with Crippen LogP contribution in [-0.2, 0) is 27.8 Å². The van der Waals surface area contributed by atoms with Crippen molar-refractivity contribution in [3.05, 3.63) is 81.5 Å². The van der Waals surface area contributed by atoms with Crippen molar-refractivity contribution in [3.63, 3.8) is 0 Å². The molecule has 172 valence electrons. The molecule has 1 aromatic heterocycles. The minimum atomic E-state index is -3.66. The van der Waals surface area contributed by atoms with Crippen molar-refractivity contribution in [2.45, 2.75) is 31.2 Å². The van der Waals surface area contributed by atoms with Crippen LogP contribution in [0.4, 0.5) is 5.69 Å². The summed E-state index contributed by atoms with van der Waals surface area (Å²) < 4.78 is 27.0. The molecule has 1 aliphatic heterocycles. The number of hydrogen-bond acceptors (Lipinski definition) is 5. The molecule has 2 heterocycles. The van der Waals surface area contributed by atoms with E-state index in [0.29, 0.717) is 29.9 Å². The van der Waals surface area contributed by atoms with Gasteiger partial charge in [-0.3, -0.25) is 9.59 Å². The van der Waals surface area contributed by atoms with Crippen LogP contribution in [0.5, 0.6) is 0 Å². The highest BCUT2D eigenvalue weighted by Crippen LogP contribution is 2.27. The van der Waals surface area contributed by atoms with Crippen molar-refractivity contribution < 1.29 is 18.0 Å².